The number of hydrogen-bond donors (Lipinski definition) is 0. The molecule has 0 aliphatic carbocycles. The van der Waals surface area contributed by atoms with Crippen molar-refractivity contribution in [3.63, 3.8) is 0 Å². The molecule has 1 aromatic rings. The summed E-state index contributed by atoms with van der Waals surface area (Å²) in [5.41, 5.74) is -0.413. The number of benzene rings is 1. The van der Waals surface area contributed by atoms with Crippen LogP contribution >= 0.6 is 11.8 Å². The number of hydrogen-bond acceptors (Lipinski definition) is 4. The molecule has 0 atom stereocenters. The van der Waals surface area contributed by atoms with E-state index in [2.05, 4.69) is 0 Å². The maximum absolute atomic E-state index is 13.4. The number of halogens is 1. The summed E-state index contributed by atoms with van der Waals surface area (Å²) in [7, 11) is -3.75. The van der Waals surface area contributed by atoms with Crippen LogP contribution in [0.3, 0.4) is 0 Å². The molecule has 0 spiro atoms. The molecule has 17 heavy (non-hydrogen) atoms. The Bertz CT molecular complexity index is 574. The van der Waals surface area contributed by atoms with Crippen LogP contribution in [0.15, 0.2) is 23.1 Å². The van der Waals surface area contributed by atoms with Crippen molar-refractivity contribution >= 4 is 21.8 Å². The molecule has 90 valence electrons. The number of thioether (sulfide) groups is 1. The van der Waals surface area contributed by atoms with Gasteiger partial charge in [0.2, 0.25) is 10.0 Å². The van der Waals surface area contributed by atoms with E-state index in [0.717, 1.165) is 11.8 Å². The first-order valence-corrected chi connectivity index (χ1v) is 7.43. The molecule has 1 aromatic carbocycles. The molecule has 0 aromatic heterocycles. The monoisotopic (exact) mass is 272 g/mol. The normalized spacial score (nSPS) is 16.9. The predicted molar refractivity (Wildman–Crippen MR) is 62.3 cm³/mol. The summed E-state index contributed by atoms with van der Waals surface area (Å²) in [5.74, 6) is 0.264. The molecule has 0 N–H and O–H groups in total. The molecule has 0 saturated carbocycles. The van der Waals surface area contributed by atoms with Gasteiger partial charge >= 0.3 is 0 Å². The van der Waals surface area contributed by atoms with Gasteiger partial charge in [-0.05, 0) is 12.1 Å². The van der Waals surface area contributed by atoms with Gasteiger partial charge in [0, 0.05) is 12.3 Å². The molecule has 7 heteroatoms. The largest absolute Gasteiger partial charge is 0.245 e. The van der Waals surface area contributed by atoms with Crippen LogP contribution in [0.2, 0.25) is 0 Å². The minimum absolute atomic E-state index is 0.248. The zero-order valence-electron chi connectivity index (χ0n) is 8.76. The van der Waals surface area contributed by atoms with Crippen LogP contribution in [0.4, 0.5) is 4.39 Å². The summed E-state index contributed by atoms with van der Waals surface area (Å²) < 4.78 is 38.9. The smallest absolute Gasteiger partial charge is 0.207 e. The van der Waals surface area contributed by atoms with E-state index in [0.29, 0.717) is 12.4 Å². The number of nitriles is 1. The second-order valence-corrected chi connectivity index (χ2v) is 6.42. The van der Waals surface area contributed by atoms with Crippen molar-refractivity contribution < 1.29 is 12.8 Å². The average molecular weight is 272 g/mol. The molecule has 0 amide bonds. The highest BCUT2D eigenvalue weighted by molar-refractivity contribution is 8.00. The lowest BCUT2D eigenvalue weighted by Gasteiger charge is -2.15. The number of rotatable bonds is 2. The minimum Gasteiger partial charge on any atom is -0.207 e. The first kappa shape index (κ1) is 12.4. The summed E-state index contributed by atoms with van der Waals surface area (Å²) in [4.78, 5) is -0.248. The summed E-state index contributed by atoms with van der Waals surface area (Å²) >= 11 is 1.49. The molecule has 0 bridgehead atoms. The van der Waals surface area contributed by atoms with Crippen molar-refractivity contribution in [2.45, 2.75) is 4.90 Å². The summed E-state index contributed by atoms with van der Waals surface area (Å²) in [6, 6.07) is 5.25. The molecule has 4 nitrogen and oxygen atoms in total. The average Bonchev–Trinajstić information content (AvgIpc) is 2.82. The van der Waals surface area contributed by atoms with Crippen LogP contribution in [0.5, 0.6) is 0 Å². The third-order valence-electron chi connectivity index (χ3n) is 2.43. The van der Waals surface area contributed by atoms with Crippen LogP contribution < -0.4 is 0 Å². The molecular formula is C10H9FN2O2S2. The lowest BCUT2D eigenvalue weighted by Crippen LogP contribution is -2.28. The third-order valence-corrected chi connectivity index (χ3v) is 5.44. The van der Waals surface area contributed by atoms with Gasteiger partial charge in [-0.25, -0.2) is 12.8 Å². The van der Waals surface area contributed by atoms with Gasteiger partial charge in [0.05, 0.1) is 5.88 Å². The third kappa shape index (κ3) is 2.16. The van der Waals surface area contributed by atoms with Gasteiger partial charge in [-0.15, -0.1) is 11.8 Å². The molecule has 1 aliphatic rings. The Labute approximate surface area is 103 Å². The molecule has 1 saturated heterocycles. The van der Waals surface area contributed by atoms with E-state index in [4.69, 9.17) is 5.26 Å². The predicted octanol–water partition coefficient (Wildman–Crippen LogP) is 1.39. The maximum atomic E-state index is 13.4. The van der Waals surface area contributed by atoms with E-state index in [1.54, 1.807) is 6.07 Å². The first-order valence-electron chi connectivity index (χ1n) is 4.84. The quantitative estimate of drug-likeness (QED) is 0.816. The van der Waals surface area contributed by atoms with Gasteiger partial charge in [0.25, 0.3) is 0 Å². The number of nitrogens with zero attached hydrogens (tertiary/aromatic N) is 2. The summed E-state index contributed by atoms with van der Waals surface area (Å²) in [6.07, 6.45) is 0. The van der Waals surface area contributed by atoms with Crippen LogP contribution in [0.1, 0.15) is 5.56 Å². The molecule has 2 rings (SSSR count). The van der Waals surface area contributed by atoms with Crippen molar-refractivity contribution in [1.29, 1.82) is 5.26 Å². The zero-order chi connectivity index (χ0) is 12.5. The van der Waals surface area contributed by atoms with E-state index in [9.17, 15) is 12.8 Å². The zero-order valence-corrected chi connectivity index (χ0v) is 10.4. The van der Waals surface area contributed by atoms with Gasteiger partial charge in [0.1, 0.15) is 22.3 Å². The molecule has 0 unspecified atom stereocenters. The fraction of sp³-hybridized carbons (Fsp3) is 0.300. The Morgan fingerprint density at radius 2 is 2.24 bits per heavy atom. The van der Waals surface area contributed by atoms with E-state index >= 15 is 0 Å². The van der Waals surface area contributed by atoms with Gasteiger partial charge in [-0.1, -0.05) is 6.07 Å². The van der Waals surface area contributed by atoms with Crippen molar-refractivity contribution in [1.82, 2.24) is 4.31 Å². The second-order valence-electron chi connectivity index (χ2n) is 3.44. The Kier molecular flexibility index (Phi) is 3.38. The van der Waals surface area contributed by atoms with E-state index < -0.39 is 21.4 Å². The van der Waals surface area contributed by atoms with Crippen molar-refractivity contribution in [2.24, 2.45) is 0 Å². The topological polar surface area (TPSA) is 61.2 Å². The Morgan fingerprint density at radius 1 is 1.47 bits per heavy atom. The van der Waals surface area contributed by atoms with Gasteiger partial charge in [0.15, 0.2) is 0 Å². The molecular weight excluding hydrogens is 263 g/mol. The van der Waals surface area contributed by atoms with E-state index in [1.165, 1.54) is 28.2 Å². The maximum Gasteiger partial charge on any atom is 0.245 e. The summed E-state index contributed by atoms with van der Waals surface area (Å²) in [5, 5.41) is 8.83. The van der Waals surface area contributed by atoms with Crippen LogP contribution in [0.25, 0.3) is 0 Å². The molecule has 1 aliphatic heterocycles. The first-order chi connectivity index (χ1) is 8.07. The summed E-state index contributed by atoms with van der Waals surface area (Å²) in [6.45, 7) is 0.397. The Hall–Kier alpha value is -1.10. The van der Waals surface area contributed by atoms with E-state index in [1.807, 2.05) is 0 Å². The molecule has 1 heterocycles. The van der Waals surface area contributed by atoms with Crippen LogP contribution in [-0.4, -0.2) is 30.9 Å². The Morgan fingerprint density at radius 3 is 2.82 bits per heavy atom. The molecule has 0 radical (unpaired) electrons. The lowest BCUT2D eigenvalue weighted by molar-refractivity contribution is 0.488. The Balaban J connectivity index is 2.54. The fourth-order valence-electron chi connectivity index (χ4n) is 1.55. The highest BCUT2D eigenvalue weighted by Crippen LogP contribution is 2.26. The van der Waals surface area contributed by atoms with Crippen LogP contribution in [0, 0.1) is 17.1 Å². The van der Waals surface area contributed by atoms with Crippen molar-refractivity contribution in [2.75, 3.05) is 18.2 Å². The van der Waals surface area contributed by atoms with Gasteiger partial charge in [-0.2, -0.15) is 9.57 Å². The lowest BCUT2D eigenvalue weighted by atomic mass is 10.2. The molecule has 1 fully saturated rings. The number of sulfonamides is 1. The van der Waals surface area contributed by atoms with Crippen molar-refractivity contribution in [3.8, 4) is 6.07 Å². The van der Waals surface area contributed by atoms with E-state index in [-0.39, 0.29) is 4.90 Å². The van der Waals surface area contributed by atoms with Gasteiger partial charge < -0.3 is 0 Å². The van der Waals surface area contributed by atoms with Gasteiger partial charge in [-0.3, -0.25) is 0 Å². The van der Waals surface area contributed by atoms with Crippen molar-refractivity contribution in [3.05, 3.63) is 29.6 Å². The standard InChI is InChI=1S/C10H9FN2O2S2/c11-9-2-1-3-10(8(9)6-12)17(14,15)13-4-5-16-7-13/h1-3H,4-5,7H2. The fourth-order valence-corrected chi connectivity index (χ4v) is 4.52. The SMILES string of the molecule is N#Cc1c(F)cccc1S(=O)(=O)N1CCSC1. The minimum atomic E-state index is -3.75. The highest BCUT2D eigenvalue weighted by atomic mass is 32.2. The van der Waals surface area contributed by atoms with Crippen LogP contribution in [-0.2, 0) is 10.0 Å². The second kappa shape index (κ2) is 4.64. The highest BCUT2D eigenvalue weighted by Gasteiger charge is 2.30.